The molecule has 5 aliphatic rings. The highest BCUT2D eigenvalue weighted by atomic mass is 35.5. The van der Waals surface area contributed by atoms with Gasteiger partial charge in [0, 0.05) is 117 Å². The van der Waals surface area contributed by atoms with Gasteiger partial charge < -0.3 is 29.9 Å². The number of piperidine rings is 1. The lowest BCUT2D eigenvalue weighted by atomic mass is 9.73. The maximum Gasteiger partial charge on any atom is 0.501 e. The van der Waals surface area contributed by atoms with Gasteiger partial charge in [-0.15, -0.1) is 16.9 Å². The molecule has 5 aromatic carbocycles. The van der Waals surface area contributed by atoms with E-state index in [0.717, 1.165) is 66.5 Å². The number of aromatic nitrogens is 3. The molecule has 11 rings (SSSR count). The van der Waals surface area contributed by atoms with E-state index in [1.54, 1.807) is 35.4 Å². The van der Waals surface area contributed by atoms with Crippen molar-refractivity contribution >= 4 is 101 Å². The van der Waals surface area contributed by atoms with Crippen LogP contribution in [-0.2, 0) is 56.9 Å². The number of sulfonamides is 1. The van der Waals surface area contributed by atoms with E-state index >= 15 is 0 Å². The first kappa shape index (κ1) is 73.0. The number of fused-ring (bicyclic) bond motifs is 1. The molecular weight excluding hydrogens is 1380 g/mol. The maximum atomic E-state index is 14.6. The van der Waals surface area contributed by atoms with Gasteiger partial charge in [0.05, 0.1) is 54.3 Å². The second-order valence-corrected chi connectivity index (χ2v) is 31.1. The molecule has 6 aromatic rings. The lowest BCUT2D eigenvalue weighted by Crippen LogP contribution is -2.54. The summed E-state index contributed by atoms with van der Waals surface area (Å²) in [7, 11) is -11.1. The number of nitrogens with zero attached hydrogens (tertiary/aromatic N) is 8. The lowest BCUT2D eigenvalue weighted by molar-refractivity contribution is -0.136. The zero-order valence-electron chi connectivity index (χ0n) is 55.2. The van der Waals surface area contributed by atoms with Crippen LogP contribution in [-0.4, -0.2) is 202 Å². The largest absolute Gasteiger partial charge is 0.501 e. The van der Waals surface area contributed by atoms with E-state index in [1.807, 2.05) is 47.2 Å². The topological polar surface area (TPSA) is 284 Å². The number of alkyl halides is 3. The summed E-state index contributed by atoms with van der Waals surface area (Å²) in [6.45, 7) is 11.3. The van der Waals surface area contributed by atoms with Crippen LogP contribution in [0, 0.1) is 5.41 Å². The zero-order chi connectivity index (χ0) is 70.9. The van der Waals surface area contributed by atoms with Crippen LogP contribution in [0.1, 0.15) is 94.7 Å². The molecular formula is C69H78ClF3N12O12S3. The number of sulfone groups is 1. The predicted molar refractivity (Wildman–Crippen MR) is 370 cm³/mol. The number of allylic oxidation sites excluding steroid dienone is 1. The van der Waals surface area contributed by atoms with Crippen molar-refractivity contribution in [2.45, 2.75) is 97.8 Å². The van der Waals surface area contributed by atoms with Gasteiger partial charge in [0.2, 0.25) is 17.7 Å². The van der Waals surface area contributed by atoms with Gasteiger partial charge in [0.1, 0.15) is 23.2 Å². The van der Waals surface area contributed by atoms with Crippen molar-refractivity contribution in [1.82, 2.24) is 44.6 Å². The van der Waals surface area contributed by atoms with Crippen molar-refractivity contribution in [1.29, 1.82) is 0 Å². The minimum Gasteiger partial charge on any atom is -0.382 e. The smallest absolute Gasteiger partial charge is 0.382 e. The number of piperazine rings is 2. The molecule has 3 saturated heterocycles. The average Bonchev–Trinajstić information content (AvgIpc) is 1.54. The monoisotopic (exact) mass is 1450 g/mol. The minimum atomic E-state index is -6.18. The van der Waals surface area contributed by atoms with Crippen LogP contribution in [0.15, 0.2) is 142 Å². The van der Waals surface area contributed by atoms with Crippen molar-refractivity contribution in [2.75, 3.05) is 113 Å². The average molecular weight is 1460 g/mol. The summed E-state index contributed by atoms with van der Waals surface area (Å²) >= 11 is 7.60. The van der Waals surface area contributed by atoms with Gasteiger partial charge in [-0.25, -0.2) is 26.2 Å². The number of hydrogen-bond acceptors (Lipinski definition) is 20. The molecule has 0 saturated carbocycles. The Labute approximate surface area is 587 Å². The molecule has 3 fully saturated rings. The van der Waals surface area contributed by atoms with Crippen molar-refractivity contribution in [3.63, 3.8) is 0 Å². The third-order valence-corrected chi connectivity index (χ3v) is 22.6. The third kappa shape index (κ3) is 17.9. The summed E-state index contributed by atoms with van der Waals surface area (Å²) in [6.07, 6.45) is 5.02. The summed E-state index contributed by atoms with van der Waals surface area (Å²) in [6, 6.07) is 28.9. The number of rotatable bonds is 28. The SMILES string of the molecule is CC1(C)CCC(c2ccc(Cl)cc2)=C(CN2CCN(c3ccc(C(=O)NS(=O)(=O)c4ccc(N[C@H](CCN5CCN(C(=O)Cn6cc(COCCOCCNc7cccc8c7C(=O)N(C7CCC(=O)NC7=O)C8=O)nn6)CC5)CSc5ccccc5)c(S(=O)(=O)C(F)(F)F)c4)cc3)CC2)C1. The van der Waals surface area contributed by atoms with E-state index in [-0.39, 0.29) is 86.1 Å². The van der Waals surface area contributed by atoms with Crippen LogP contribution in [0.3, 0.4) is 0 Å². The number of halogens is 4. The minimum absolute atomic E-state index is 0.0116. The fourth-order valence-electron chi connectivity index (χ4n) is 12.9. The molecule has 1 aliphatic carbocycles. The molecule has 1 aromatic heterocycles. The lowest BCUT2D eigenvalue weighted by Gasteiger charge is -2.39. The molecule has 532 valence electrons. The number of benzene rings is 5. The highest BCUT2D eigenvalue weighted by molar-refractivity contribution is 7.99. The van der Waals surface area contributed by atoms with Crippen LogP contribution >= 0.6 is 23.4 Å². The number of amides is 6. The van der Waals surface area contributed by atoms with Crippen molar-refractivity contribution in [2.24, 2.45) is 5.41 Å². The number of ether oxygens (including phenoxy) is 2. The Balaban J connectivity index is 0.637. The molecule has 5 heterocycles. The molecule has 2 atom stereocenters. The van der Waals surface area contributed by atoms with Gasteiger partial charge in [-0.2, -0.15) is 13.2 Å². The molecule has 4 aliphatic heterocycles. The molecule has 0 bridgehead atoms. The van der Waals surface area contributed by atoms with Gasteiger partial charge in [-0.05, 0) is 128 Å². The summed E-state index contributed by atoms with van der Waals surface area (Å²) in [5.74, 6) is -3.41. The molecule has 1 unspecified atom stereocenters. The Morgan fingerprint density at radius 1 is 0.800 bits per heavy atom. The van der Waals surface area contributed by atoms with Gasteiger partial charge in [0.25, 0.3) is 37.6 Å². The van der Waals surface area contributed by atoms with E-state index in [4.69, 9.17) is 21.1 Å². The molecule has 6 amide bonds. The molecule has 0 radical (unpaired) electrons. The number of carbonyl (C=O) groups excluding carboxylic acids is 6. The quantitative estimate of drug-likeness (QED) is 0.0206. The maximum absolute atomic E-state index is 14.6. The van der Waals surface area contributed by atoms with Crippen LogP contribution in [0.5, 0.6) is 0 Å². The molecule has 31 heteroatoms. The number of hydrogen-bond donors (Lipinski definition) is 4. The number of thioether (sulfide) groups is 1. The highest BCUT2D eigenvalue weighted by Crippen LogP contribution is 2.43. The first-order valence-corrected chi connectivity index (χ1v) is 37.3. The molecule has 4 N–H and O–H groups in total. The van der Waals surface area contributed by atoms with Crippen LogP contribution in [0.2, 0.25) is 5.02 Å². The number of anilines is 3. The zero-order valence-corrected chi connectivity index (χ0v) is 58.4. The Morgan fingerprint density at radius 3 is 2.24 bits per heavy atom. The summed E-state index contributed by atoms with van der Waals surface area (Å²) in [4.78, 5) is 85.6. The number of imide groups is 2. The van der Waals surface area contributed by atoms with Gasteiger partial charge in [-0.1, -0.05) is 72.6 Å². The fourth-order valence-corrected chi connectivity index (χ4v) is 16.1. The summed E-state index contributed by atoms with van der Waals surface area (Å²) in [5, 5.41) is 17.2. The number of carbonyl (C=O) groups is 6. The Morgan fingerprint density at radius 2 is 1.52 bits per heavy atom. The van der Waals surface area contributed by atoms with Crippen LogP contribution < -0.4 is 25.6 Å². The van der Waals surface area contributed by atoms with Gasteiger partial charge in [-0.3, -0.25) is 48.8 Å². The standard InChI is InChI=1S/C69H78ClF3N12O12S3/c1-68(2)25-23-55(46-11-15-49(70)16-12-46)48(40-68)41-81-30-32-82(33-31-81)52-17-13-47(14-18-52)64(88)78-100(94,95)54-19-20-57(60(39-54)99(92,93)69(71,72)73)75-50(45-98-53-7-4-3-5-8-53)24-27-80-28-34-83(35-29-80)62(87)43-84-42-51(77-79-84)44-97-38-37-96-36-26-74-58-10-6-9-56-63(58)67(91)85(66(56)90)59-21-22-61(86)76-65(59)89/h3-20,39,42,50,59,74-75H,21-38,40-41,43-45H2,1-2H3,(H,78,88)(H,76,86,89)/t50-,59?/m1/s1. The third-order valence-electron chi connectivity index (χ3n) is 18.3. The van der Waals surface area contributed by atoms with Gasteiger partial charge >= 0.3 is 5.51 Å². The molecule has 100 heavy (non-hydrogen) atoms. The Bertz CT molecular complexity index is 4270. The number of nitrogens with one attached hydrogen (secondary N) is 4. The highest BCUT2D eigenvalue weighted by Gasteiger charge is 2.49. The molecule has 0 spiro atoms. The summed E-state index contributed by atoms with van der Waals surface area (Å²) in [5.41, 5.74) is -0.195. The van der Waals surface area contributed by atoms with E-state index in [1.165, 1.54) is 51.4 Å². The van der Waals surface area contributed by atoms with E-state index in [0.29, 0.717) is 74.7 Å². The van der Waals surface area contributed by atoms with Crippen molar-refractivity contribution in [3.8, 4) is 0 Å². The van der Waals surface area contributed by atoms with Crippen molar-refractivity contribution < 1.29 is 68.2 Å². The predicted octanol–water partition coefficient (Wildman–Crippen LogP) is 7.98. The van der Waals surface area contributed by atoms with E-state index in [9.17, 15) is 58.8 Å². The molecule has 24 nitrogen and oxygen atoms in total. The summed E-state index contributed by atoms with van der Waals surface area (Å²) < 4.78 is 113. The van der Waals surface area contributed by atoms with Crippen LogP contribution in [0.25, 0.3) is 5.57 Å². The first-order valence-electron chi connectivity index (χ1n) is 32.9. The van der Waals surface area contributed by atoms with Gasteiger partial charge in [0.15, 0.2) is 0 Å². The second-order valence-electron chi connectivity index (χ2n) is 25.9. The van der Waals surface area contributed by atoms with Crippen molar-refractivity contribution in [3.05, 3.63) is 160 Å². The second kappa shape index (κ2) is 31.8. The fraction of sp³-hybridized carbons (Fsp3) is 0.420. The van der Waals surface area contributed by atoms with Crippen LogP contribution in [0.4, 0.5) is 30.2 Å². The van der Waals surface area contributed by atoms with E-state index in [2.05, 4.69) is 66.9 Å². The first-order chi connectivity index (χ1) is 47.8. The normalized spacial score (nSPS) is 18.3. The Hall–Kier alpha value is -8.23. The Kier molecular flexibility index (Phi) is 23.2. The van der Waals surface area contributed by atoms with E-state index < -0.39 is 82.5 Å².